The van der Waals surface area contributed by atoms with E-state index >= 15 is 0 Å². The highest BCUT2D eigenvalue weighted by Gasteiger charge is 2.12. The van der Waals surface area contributed by atoms with Gasteiger partial charge in [0, 0.05) is 26.0 Å². The Morgan fingerprint density at radius 3 is 2.80 bits per heavy atom. The van der Waals surface area contributed by atoms with Gasteiger partial charge in [-0.1, -0.05) is 24.4 Å². The third-order valence-electron chi connectivity index (χ3n) is 2.83. The van der Waals surface area contributed by atoms with Crippen molar-refractivity contribution < 1.29 is 4.74 Å². The third-order valence-corrected chi connectivity index (χ3v) is 3.02. The lowest BCUT2D eigenvalue weighted by Crippen LogP contribution is -2.23. The van der Waals surface area contributed by atoms with Crippen LogP contribution in [0.4, 0.5) is 5.82 Å². The molecule has 5 nitrogen and oxygen atoms in total. The predicted molar refractivity (Wildman–Crippen MR) is 83.0 cm³/mol. The first kappa shape index (κ1) is 14.2. The molecule has 0 unspecified atom stereocenters. The van der Waals surface area contributed by atoms with Gasteiger partial charge in [-0.05, 0) is 17.7 Å². The molecule has 0 radical (unpaired) electrons. The van der Waals surface area contributed by atoms with E-state index in [9.17, 15) is 0 Å². The van der Waals surface area contributed by atoms with Crippen LogP contribution in [0, 0.1) is 0 Å². The summed E-state index contributed by atoms with van der Waals surface area (Å²) >= 11 is 5.00. The second kappa shape index (κ2) is 6.29. The van der Waals surface area contributed by atoms with Crippen molar-refractivity contribution in [2.45, 2.75) is 6.54 Å². The van der Waals surface area contributed by atoms with E-state index in [4.69, 9.17) is 22.7 Å². The molecule has 2 aromatic rings. The molecule has 20 heavy (non-hydrogen) atoms. The van der Waals surface area contributed by atoms with Crippen molar-refractivity contribution in [1.82, 2.24) is 9.97 Å². The summed E-state index contributed by atoms with van der Waals surface area (Å²) in [4.78, 5) is 10.7. The second-order valence-corrected chi connectivity index (χ2v) is 4.74. The number of benzene rings is 1. The monoisotopic (exact) mass is 288 g/mol. The average molecular weight is 288 g/mol. The predicted octanol–water partition coefficient (Wildman–Crippen LogP) is 1.76. The number of hydrogen-bond acceptors (Lipinski definition) is 5. The first-order valence-electron chi connectivity index (χ1n) is 6.06. The summed E-state index contributed by atoms with van der Waals surface area (Å²) in [5.41, 5.74) is 7.31. The van der Waals surface area contributed by atoms with Crippen LogP contribution in [-0.2, 0) is 6.54 Å². The summed E-state index contributed by atoms with van der Waals surface area (Å²) in [5, 5.41) is 0. The van der Waals surface area contributed by atoms with Crippen molar-refractivity contribution in [3.63, 3.8) is 0 Å². The number of hydrogen-bond donors (Lipinski definition) is 1. The Kier molecular flexibility index (Phi) is 4.47. The maximum atomic E-state index is 5.67. The van der Waals surface area contributed by atoms with Crippen molar-refractivity contribution in [3.8, 4) is 5.75 Å². The van der Waals surface area contributed by atoms with Gasteiger partial charge >= 0.3 is 0 Å². The normalized spacial score (nSPS) is 10.1. The minimum Gasteiger partial charge on any atom is -0.497 e. The number of nitrogens with zero attached hydrogens (tertiary/aromatic N) is 3. The van der Waals surface area contributed by atoms with E-state index < -0.39 is 0 Å². The van der Waals surface area contributed by atoms with Crippen molar-refractivity contribution >= 4 is 23.0 Å². The van der Waals surface area contributed by atoms with Crippen molar-refractivity contribution in [2.75, 3.05) is 19.1 Å². The molecule has 0 saturated heterocycles. The molecule has 0 amide bonds. The molecular formula is C14H16N4OS. The van der Waals surface area contributed by atoms with Crippen LogP contribution in [0.3, 0.4) is 0 Å². The quantitative estimate of drug-likeness (QED) is 0.846. The smallest absolute Gasteiger partial charge is 0.157 e. The molecule has 0 saturated carbocycles. The van der Waals surface area contributed by atoms with Gasteiger partial charge in [0.25, 0.3) is 0 Å². The average Bonchev–Trinajstić information content (AvgIpc) is 2.47. The van der Waals surface area contributed by atoms with Crippen molar-refractivity contribution in [2.24, 2.45) is 5.73 Å². The summed E-state index contributed by atoms with van der Waals surface area (Å²) in [6, 6.07) is 7.86. The number of aromatic nitrogens is 2. The Morgan fingerprint density at radius 1 is 1.35 bits per heavy atom. The van der Waals surface area contributed by atoms with Crippen molar-refractivity contribution in [3.05, 3.63) is 47.9 Å². The molecule has 1 heterocycles. The van der Waals surface area contributed by atoms with Crippen LogP contribution in [0.25, 0.3) is 0 Å². The van der Waals surface area contributed by atoms with Gasteiger partial charge in [-0.15, -0.1) is 0 Å². The van der Waals surface area contributed by atoms with E-state index in [0.29, 0.717) is 18.1 Å². The number of rotatable bonds is 5. The fourth-order valence-corrected chi connectivity index (χ4v) is 2.05. The van der Waals surface area contributed by atoms with Crippen LogP contribution in [0.5, 0.6) is 5.75 Å². The Hall–Kier alpha value is -2.21. The minimum absolute atomic E-state index is 0.241. The number of methoxy groups -OCH3 is 1. The van der Waals surface area contributed by atoms with Crippen LogP contribution in [0.15, 0.2) is 36.7 Å². The minimum atomic E-state index is 0.241. The zero-order chi connectivity index (χ0) is 14.5. The molecule has 0 aliphatic rings. The molecule has 0 bridgehead atoms. The van der Waals surface area contributed by atoms with Gasteiger partial charge in [-0.2, -0.15) is 0 Å². The lowest BCUT2D eigenvalue weighted by molar-refractivity contribution is 0.414. The number of anilines is 1. The van der Waals surface area contributed by atoms with E-state index in [-0.39, 0.29) is 4.99 Å². The van der Waals surface area contributed by atoms with E-state index in [0.717, 1.165) is 11.3 Å². The van der Waals surface area contributed by atoms with Gasteiger partial charge < -0.3 is 15.4 Å². The molecule has 1 aromatic carbocycles. The Labute approximate surface area is 123 Å². The standard InChI is InChI=1S/C14H16N4OS/c1-18(9-10-4-3-5-11(8-10)19-2)14-12(13(15)20)16-6-7-17-14/h3-8H,9H2,1-2H3,(H2,15,20). The molecule has 1 aromatic heterocycles. The fourth-order valence-electron chi connectivity index (χ4n) is 1.90. The summed E-state index contributed by atoms with van der Waals surface area (Å²) in [6.07, 6.45) is 3.20. The molecule has 0 fully saturated rings. The number of nitrogens with two attached hydrogens (primary N) is 1. The largest absolute Gasteiger partial charge is 0.497 e. The van der Waals surface area contributed by atoms with Crippen molar-refractivity contribution in [1.29, 1.82) is 0 Å². The van der Waals surface area contributed by atoms with Crippen LogP contribution in [0.1, 0.15) is 11.3 Å². The van der Waals surface area contributed by atoms with Gasteiger partial charge in [0.1, 0.15) is 16.4 Å². The molecule has 0 aliphatic heterocycles. The SMILES string of the molecule is COc1cccc(CN(C)c2nccnc2C(N)=S)c1. The van der Waals surface area contributed by atoms with E-state index in [2.05, 4.69) is 9.97 Å². The maximum absolute atomic E-state index is 5.67. The molecule has 2 N–H and O–H groups in total. The van der Waals surface area contributed by atoms with Gasteiger partial charge in [-0.3, -0.25) is 0 Å². The Morgan fingerprint density at radius 2 is 2.10 bits per heavy atom. The molecule has 104 valence electrons. The van der Waals surface area contributed by atoms with Crippen LogP contribution >= 0.6 is 12.2 Å². The summed E-state index contributed by atoms with van der Waals surface area (Å²) in [5.74, 6) is 1.49. The first-order valence-corrected chi connectivity index (χ1v) is 6.47. The highest BCUT2D eigenvalue weighted by molar-refractivity contribution is 7.80. The zero-order valence-electron chi connectivity index (χ0n) is 11.4. The molecule has 0 aliphatic carbocycles. The van der Waals surface area contributed by atoms with Crippen LogP contribution in [0.2, 0.25) is 0 Å². The van der Waals surface area contributed by atoms with E-state index in [1.54, 1.807) is 19.5 Å². The third kappa shape index (κ3) is 3.21. The van der Waals surface area contributed by atoms with Gasteiger partial charge in [-0.25, -0.2) is 9.97 Å². The first-order chi connectivity index (χ1) is 9.61. The lowest BCUT2D eigenvalue weighted by Gasteiger charge is -2.20. The zero-order valence-corrected chi connectivity index (χ0v) is 12.2. The number of thiocarbonyl (C=S) groups is 1. The lowest BCUT2D eigenvalue weighted by atomic mass is 10.2. The molecule has 0 atom stereocenters. The van der Waals surface area contributed by atoms with E-state index in [1.165, 1.54) is 0 Å². The van der Waals surface area contributed by atoms with Gasteiger partial charge in [0.05, 0.1) is 7.11 Å². The molecule has 0 spiro atoms. The topological polar surface area (TPSA) is 64.3 Å². The maximum Gasteiger partial charge on any atom is 0.157 e. The summed E-state index contributed by atoms with van der Waals surface area (Å²) < 4.78 is 5.22. The van der Waals surface area contributed by atoms with Gasteiger partial charge in [0.15, 0.2) is 5.82 Å². The Balaban J connectivity index is 2.23. The Bertz CT molecular complexity index is 618. The highest BCUT2D eigenvalue weighted by atomic mass is 32.1. The summed E-state index contributed by atoms with van der Waals surface area (Å²) in [6.45, 7) is 0.658. The second-order valence-electron chi connectivity index (χ2n) is 4.30. The molecule has 6 heteroatoms. The van der Waals surface area contributed by atoms with Crippen LogP contribution < -0.4 is 15.4 Å². The van der Waals surface area contributed by atoms with Gasteiger partial charge in [0.2, 0.25) is 0 Å². The van der Waals surface area contributed by atoms with Crippen LogP contribution in [-0.4, -0.2) is 29.1 Å². The summed E-state index contributed by atoms with van der Waals surface area (Å²) in [7, 11) is 3.57. The number of ether oxygens (including phenoxy) is 1. The molecule has 2 rings (SSSR count). The highest BCUT2D eigenvalue weighted by Crippen LogP contribution is 2.18. The fraction of sp³-hybridized carbons (Fsp3) is 0.214. The van der Waals surface area contributed by atoms with E-state index in [1.807, 2.05) is 36.2 Å². The molecular weight excluding hydrogens is 272 g/mol.